The lowest BCUT2D eigenvalue weighted by Gasteiger charge is -2.37. The second-order valence-electron chi connectivity index (χ2n) is 4.26. The highest BCUT2D eigenvalue weighted by molar-refractivity contribution is 5.23. The molecule has 0 radical (unpaired) electrons. The minimum Gasteiger partial charge on any atom is -0.492 e. The number of benzene rings is 1. The summed E-state index contributed by atoms with van der Waals surface area (Å²) in [6.07, 6.45) is 0. The van der Waals surface area contributed by atoms with E-state index in [2.05, 4.69) is 4.90 Å². The zero-order valence-corrected chi connectivity index (χ0v) is 9.40. The van der Waals surface area contributed by atoms with Gasteiger partial charge < -0.3 is 9.84 Å². The molecule has 94 valence electrons. The quantitative estimate of drug-likeness (QED) is 0.845. The van der Waals surface area contributed by atoms with E-state index in [0.717, 1.165) is 31.3 Å². The Morgan fingerprint density at radius 3 is 2.47 bits per heavy atom. The minimum absolute atomic E-state index is 0.210. The van der Waals surface area contributed by atoms with Crippen molar-refractivity contribution in [1.82, 2.24) is 4.90 Å². The summed E-state index contributed by atoms with van der Waals surface area (Å²) >= 11 is 0. The summed E-state index contributed by atoms with van der Waals surface area (Å²) in [5.74, 6) is -0.697. The Hall–Kier alpha value is -1.20. The third kappa shape index (κ3) is 3.38. The Bertz CT molecular complexity index is 361. The monoisotopic (exact) mass is 243 g/mol. The van der Waals surface area contributed by atoms with Gasteiger partial charge in [-0.2, -0.15) is 0 Å². The first-order valence-corrected chi connectivity index (χ1v) is 5.59. The first kappa shape index (κ1) is 12.3. The molecule has 5 heteroatoms. The van der Waals surface area contributed by atoms with E-state index in [1.165, 1.54) is 0 Å². The number of rotatable bonds is 5. The molecule has 0 atom stereocenters. The number of hydrogen-bond donors (Lipinski definition) is 1. The van der Waals surface area contributed by atoms with Gasteiger partial charge in [-0.05, 0) is 0 Å². The van der Waals surface area contributed by atoms with Gasteiger partial charge in [0, 0.05) is 50.4 Å². The van der Waals surface area contributed by atoms with Gasteiger partial charge in [0.15, 0.2) is 0 Å². The van der Waals surface area contributed by atoms with Crippen LogP contribution in [0.5, 0.6) is 5.75 Å². The predicted octanol–water partition coefficient (Wildman–Crippen LogP) is 1.27. The molecule has 0 aliphatic carbocycles. The van der Waals surface area contributed by atoms with Crippen LogP contribution in [0.4, 0.5) is 8.78 Å². The maximum Gasteiger partial charge on any atom is 0.129 e. The van der Waals surface area contributed by atoms with Crippen LogP contribution < -0.4 is 4.74 Å². The first-order chi connectivity index (χ1) is 8.17. The second-order valence-corrected chi connectivity index (χ2v) is 4.26. The average Bonchev–Trinajstić information content (AvgIpc) is 2.20. The highest BCUT2D eigenvalue weighted by Crippen LogP contribution is 2.17. The van der Waals surface area contributed by atoms with Crippen LogP contribution in [0.1, 0.15) is 0 Å². The number of likely N-dealkylation sites (tertiary alicyclic amines) is 1. The topological polar surface area (TPSA) is 32.7 Å². The van der Waals surface area contributed by atoms with Gasteiger partial charge in [0.05, 0.1) is 0 Å². The number of nitrogens with zero attached hydrogens (tertiary/aromatic N) is 1. The number of aliphatic hydroxyl groups excluding tert-OH is 1. The van der Waals surface area contributed by atoms with Gasteiger partial charge in [-0.15, -0.1) is 0 Å². The highest BCUT2D eigenvalue weighted by atomic mass is 19.1. The molecule has 0 saturated carbocycles. The summed E-state index contributed by atoms with van der Waals surface area (Å²) in [5, 5.41) is 8.83. The molecule has 0 spiro atoms. The summed E-state index contributed by atoms with van der Waals surface area (Å²) in [7, 11) is 0. The lowest BCUT2D eigenvalue weighted by molar-refractivity contribution is 0.0438. The summed E-state index contributed by atoms with van der Waals surface area (Å²) in [6, 6.07) is 3.14. The molecule has 1 aliphatic heterocycles. The summed E-state index contributed by atoms with van der Waals surface area (Å²) in [4.78, 5) is 2.12. The minimum atomic E-state index is -0.635. The molecule has 17 heavy (non-hydrogen) atoms. The maximum atomic E-state index is 12.8. The van der Waals surface area contributed by atoms with Crippen molar-refractivity contribution in [3.8, 4) is 5.75 Å². The molecule has 1 aromatic carbocycles. The molecule has 1 N–H and O–H groups in total. The zero-order valence-electron chi connectivity index (χ0n) is 9.40. The number of aliphatic hydroxyl groups is 1. The Balaban J connectivity index is 1.71. The van der Waals surface area contributed by atoms with Crippen molar-refractivity contribution in [3.05, 3.63) is 29.8 Å². The fourth-order valence-electron chi connectivity index (χ4n) is 1.88. The molecule has 1 aromatic rings. The van der Waals surface area contributed by atoms with Crippen molar-refractivity contribution in [1.29, 1.82) is 0 Å². The van der Waals surface area contributed by atoms with E-state index in [-0.39, 0.29) is 12.4 Å². The van der Waals surface area contributed by atoms with E-state index in [9.17, 15) is 8.78 Å². The van der Waals surface area contributed by atoms with E-state index in [1.54, 1.807) is 0 Å². The van der Waals surface area contributed by atoms with Gasteiger partial charge in [-0.1, -0.05) is 0 Å². The third-order valence-electron chi connectivity index (χ3n) is 2.80. The van der Waals surface area contributed by atoms with E-state index >= 15 is 0 Å². The molecule has 0 unspecified atom stereocenters. The van der Waals surface area contributed by atoms with E-state index in [4.69, 9.17) is 9.84 Å². The lowest BCUT2D eigenvalue weighted by Crippen LogP contribution is -2.49. The van der Waals surface area contributed by atoms with Crippen molar-refractivity contribution in [2.45, 2.75) is 0 Å². The van der Waals surface area contributed by atoms with Crippen LogP contribution in [-0.2, 0) is 0 Å². The summed E-state index contributed by atoms with van der Waals surface area (Å²) < 4.78 is 30.9. The van der Waals surface area contributed by atoms with E-state index < -0.39 is 11.6 Å². The van der Waals surface area contributed by atoms with Gasteiger partial charge in [0.25, 0.3) is 0 Å². The fourth-order valence-corrected chi connectivity index (χ4v) is 1.88. The number of halogens is 2. The molecule has 0 bridgehead atoms. The van der Waals surface area contributed by atoms with Crippen LogP contribution in [0.25, 0.3) is 0 Å². The van der Waals surface area contributed by atoms with Crippen molar-refractivity contribution in [3.63, 3.8) is 0 Å². The maximum absolute atomic E-state index is 12.8. The molecule has 0 aromatic heterocycles. The molecular weight excluding hydrogens is 228 g/mol. The molecule has 1 heterocycles. The lowest BCUT2D eigenvalue weighted by atomic mass is 10.0. The Labute approximate surface area is 98.6 Å². The molecule has 3 nitrogen and oxygen atoms in total. The number of ether oxygens (including phenoxy) is 1. The van der Waals surface area contributed by atoms with Crippen LogP contribution in [0.15, 0.2) is 18.2 Å². The fraction of sp³-hybridized carbons (Fsp3) is 0.500. The normalized spacial score (nSPS) is 16.9. The number of hydrogen-bond acceptors (Lipinski definition) is 3. The highest BCUT2D eigenvalue weighted by Gasteiger charge is 2.25. The SMILES string of the molecule is OCC1CN(CCOc2cc(F)cc(F)c2)C1. The van der Waals surface area contributed by atoms with Gasteiger partial charge >= 0.3 is 0 Å². The van der Waals surface area contributed by atoms with Crippen molar-refractivity contribution in [2.75, 3.05) is 32.8 Å². The smallest absolute Gasteiger partial charge is 0.129 e. The molecule has 1 fully saturated rings. The van der Waals surface area contributed by atoms with Crippen LogP contribution in [0, 0.1) is 17.6 Å². The van der Waals surface area contributed by atoms with E-state index in [1.807, 2.05) is 0 Å². The van der Waals surface area contributed by atoms with Crippen molar-refractivity contribution in [2.24, 2.45) is 5.92 Å². The van der Waals surface area contributed by atoms with E-state index in [0.29, 0.717) is 19.1 Å². The first-order valence-electron chi connectivity index (χ1n) is 5.59. The zero-order chi connectivity index (χ0) is 12.3. The Morgan fingerprint density at radius 2 is 1.88 bits per heavy atom. The Morgan fingerprint density at radius 1 is 1.24 bits per heavy atom. The van der Waals surface area contributed by atoms with Gasteiger partial charge in [0.2, 0.25) is 0 Å². The van der Waals surface area contributed by atoms with Crippen LogP contribution >= 0.6 is 0 Å². The average molecular weight is 243 g/mol. The van der Waals surface area contributed by atoms with Crippen LogP contribution in [0.2, 0.25) is 0 Å². The largest absolute Gasteiger partial charge is 0.492 e. The molecule has 1 aliphatic rings. The Kier molecular flexibility index (Phi) is 3.91. The second kappa shape index (κ2) is 5.42. The molecular formula is C12H15F2NO2. The van der Waals surface area contributed by atoms with Crippen LogP contribution in [0.3, 0.4) is 0 Å². The summed E-state index contributed by atoms with van der Waals surface area (Å²) in [6.45, 7) is 3.02. The van der Waals surface area contributed by atoms with Crippen molar-refractivity contribution >= 4 is 0 Å². The van der Waals surface area contributed by atoms with Gasteiger partial charge in [-0.3, -0.25) is 4.90 Å². The van der Waals surface area contributed by atoms with Crippen LogP contribution in [-0.4, -0.2) is 42.9 Å². The van der Waals surface area contributed by atoms with Gasteiger partial charge in [-0.25, -0.2) is 8.78 Å². The molecule has 2 rings (SSSR count). The van der Waals surface area contributed by atoms with Crippen molar-refractivity contribution < 1.29 is 18.6 Å². The third-order valence-corrected chi connectivity index (χ3v) is 2.80. The van der Waals surface area contributed by atoms with Gasteiger partial charge in [0.1, 0.15) is 24.0 Å². The molecule has 1 saturated heterocycles. The molecule has 0 amide bonds. The standard InChI is InChI=1S/C12H15F2NO2/c13-10-3-11(14)5-12(4-10)17-2-1-15-6-9(7-15)8-16/h3-5,9,16H,1-2,6-8H2. The predicted molar refractivity (Wildman–Crippen MR) is 58.9 cm³/mol. The summed E-state index contributed by atoms with van der Waals surface area (Å²) in [5.41, 5.74) is 0.